The fourth-order valence-electron chi connectivity index (χ4n) is 2.79. The van der Waals surface area contributed by atoms with Crippen LogP contribution in [0.25, 0.3) is 0 Å². The molecule has 1 unspecified atom stereocenters. The molecule has 8 nitrogen and oxygen atoms in total. The number of hydrogen-bond donors (Lipinski definition) is 4. The van der Waals surface area contributed by atoms with E-state index >= 15 is 0 Å². The molecule has 2 heterocycles. The van der Waals surface area contributed by atoms with Crippen LogP contribution in [0.3, 0.4) is 0 Å². The molecule has 0 aliphatic carbocycles. The highest BCUT2D eigenvalue weighted by Gasteiger charge is 2.38. The maximum absolute atomic E-state index is 14.7. The van der Waals surface area contributed by atoms with Gasteiger partial charge >= 0.3 is 6.18 Å². The van der Waals surface area contributed by atoms with Crippen LogP contribution in [0, 0.1) is 28.6 Å². The number of halogens is 4. The van der Waals surface area contributed by atoms with Gasteiger partial charge in [0.25, 0.3) is 0 Å². The van der Waals surface area contributed by atoms with Gasteiger partial charge in [-0.2, -0.15) is 23.7 Å². The topological polar surface area (TPSA) is 149 Å². The first-order valence-electron chi connectivity index (χ1n) is 7.53. The van der Waals surface area contributed by atoms with Gasteiger partial charge in [-0.3, -0.25) is 5.32 Å². The van der Waals surface area contributed by atoms with E-state index in [1.54, 1.807) is 12.3 Å². The molecule has 1 atom stereocenters. The number of alkyl halides is 3. The first kappa shape index (κ1) is 18.7. The number of nitrogens with zero attached hydrogens (tertiary/aromatic N) is 4. The number of benzene rings is 1. The highest BCUT2D eigenvalue weighted by atomic mass is 19.4. The average Bonchev–Trinajstić information content (AvgIpc) is 2.60. The fourth-order valence-corrected chi connectivity index (χ4v) is 2.79. The number of pyridine rings is 1. The van der Waals surface area contributed by atoms with Gasteiger partial charge in [0.1, 0.15) is 35.1 Å². The van der Waals surface area contributed by atoms with E-state index < -0.39 is 29.2 Å². The molecule has 28 heavy (non-hydrogen) atoms. The zero-order chi connectivity index (χ0) is 20.6. The minimum Gasteiger partial charge on any atom is -0.397 e. The molecule has 12 heteroatoms. The molecule has 1 aliphatic rings. The molecule has 1 aliphatic heterocycles. The predicted octanol–water partition coefficient (Wildman–Crippen LogP) is 2.22. The number of hydrogen-bond acceptors (Lipinski definition) is 8. The predicted molar refractivity (Wildman–Crippen MR) is 90.8 cm³/mol. The Labute approximate surface area is 155 Å². The van der Waals surface area contributed by atoms with Gasteiger partial charge in [0.2, 0.25) is 5.96 Å². The number of nitrogens with two attached hydrogens (primary N) is 2. The average molecular weight is 390 g/mol. The van der Waals surface area contributed by atoms with E-state index in [2.05, 4.69) is 20.6 Å². The molecule has 0 spiro atoms. The smallest absolute Gasteiger partial charge is 0.397 e. The van der Waals surface area contributed by atoms with Crippen molar-refractivity contribution in [2.45, 2.75) is 12.2 Å². The Hall–Kier alpha value is -4.06. The Morgan fingerprint density at radius 3 is 2.54 bits per heavy atom. The van der Waals surface area contributed by atoms with Crippen LogP contribution in [0.2, 0.25) is 0 Å². The van der Waals surface area contributed by atoms with Crippen molar-refractivity contribution in [2.24, 2.45) is 4.99 Å². The van der Waals surface area contributed by atoms with Gasteiger partial charge in [-0.15, -0.1) is 0 Å². The van der Waals surface area contributed by atoms with Crippen LogP contribution in [0.1, 0.15) is 28.3 Å². The third-order valence-electron chi connectivity index (χ3n) is 3.99. The molecule has 0 saturated carbocycles. The summed E-state index contributed by atoms with van der Waals surface area (Å²) in [5.41, 5.74) is 9.21. The quantitative estimate of drug-likeness (QED) is 0.331. The highest BCUT2D eigenvalue weighted by Crippen LogP contribution is 2.43. The third kappa shape index (κ3) is 2.97. The van der Waals surface area contributed by atoms with Crippen molar-refractivity contribution in [3.63, 3.8) is 0 Å². The van der Waals surface area contributed by atoms with Crippen LogP contribution in [-0.2, 0) is 6.18 Å². The van der Waals surface area contributed by atoms with Gasteiger partial charge in [0.05, 0.1) is 11.3 Å². The summed E-state index contributed by atoms with van der Waals surface area (Å²) in [5.74, 6) is -2.06. The van der Waals surface area contributed by atoms with Crippen molar-refractivity contribution in [3.8, 4) is 12.3 Å². The molecule has 1 aromatic carbocycles. The molecule has 0 saturated heterocycles. The van der Waals surface area contributed by atoms with E-state index in [-0.39, 0.29) is 34.4 Å². The van der Waals surface area contributed by atoms with Crippen LogP contribution in [0.5, 0.6) is 0 Å². The lowest BCUT2D eigenvalue weighted by atomic mass is 9.93. The van der Waals surface area contributed by atoms with Crippen molar-refractivity contribution in [1.29, 1.82) is 10.5 Å². The number of fused-ring (bicyclic) bond motifs is 1. The van der Waals surface area contributed by atoms with Crippen molar-refractivity contribution in [1.82, 2.24) is 10.3 Å². The standard InChI is InChI=1S/C16H10F4N8/c17-10-6(2-1-3-8(10)16(18,19)20)12-9-11(23)7(4-21)13(24)27-14(9)28-15(26-12)25-5-22/h1-3,12H,(H6,23,24,25,26,27,28). The summed E-state index contributed by atoms with van der Waals surface area (Å²) >= 11 is 0. The lowest BCUT2D eigenvalue weighted by molar-refractivity contribution is -0.140. The normalized spacial score (nSPS) is 15.5. The Morgan fingerprint density at radius 2 is 1.93 bits per heavy atom. The second kappa shape index (κ2) is 6.59. The summed E-state index contributed by atoms with van der Waals surface area (Å²) in [6.07, 6.45) is -3.35. The minimum absolute atomic E-state index is 0.0348. The molecule has 142 valence electrons. The summed E-state index contributed by atoms with van der Waals surface area (Å²) in [6.45, 7) is 0. The van der Waals surface area contributed by atoms with Crippen LogP contribution in [0.4, 0.5) is 34.9 Å². The number of aliphatic imine (C=N–C) groups is 1. The number of nitrogen functional groups attached to an aromatic ring is 2. The van der Waals surface area contributed by atoms with Crippen molar-refractivity contribution >= 4 is 23.3 Å². The molecule has 1 aromatic heterocycles. The minimum atomic E-state index is -4.93. The van der Waals surface area contributed by atoms with Crippen molar-refractivity contribution in [3.05, 3.63) is 46.3 Å². The lowest BCUT2D eigenvalue weighted by Crippen LogP contribution is -2.33. The summed E-state index contributed by atoms with van der Waals surface area (Å²) in [7, 11) is 0. The first-order chi connectivity index (χ1) is 13.2. The van der Waals surface area contributed by atoms with E-state index in [0.717, 1.165) is 12.1 Å². The summed E-state index contributed by atoms with van der Waals surface area (Å²) in [5, 5.41) is 22.8. The number of aromatic nitrogens is 1. The monoisotopic (exact) mass is 390 g/mol. The SMILES string of the molecule is N#CNC1=NC(c2cccc(C(F)(F)F)c2F)c2c(nc(N)c(C#N)c2N)N1. The molecule has 0 bridgehead atoms. The third-order valence-corrected chi connectivity index (χ3v) is 3.99. The van der Waals surface area contributed by atoms with Gasteiger partial charge in [0.15, 0.2) is 6.19 Å². The summed E-state index contributed by atoms with van der Waals surface area (Å²) in [6, 6.07) is 3.03. The van der Waals surface area contributed by atoms with Crippen LogP contribution >= 0.6 is 0 Å². The van der Waals surface area contributed by atoms with Crippen molar-refractivity contribution < 1.29 is 17.6 Å². The molecule has 6 N–H and O–H groups in total. The maximum Gasteiger partial charge on any atom is 0.419 e. The summed E-state index contributed by atoms with van der Waals surface area (Å²) in [4.78, 5) is 7.97. The first-order valence-corrected chi connectivity index (χ1v) is 7.53. The van der Waals surface area contributed by atoms with Gasteiger partial charge in [-0.1, -0.05) is 12.1 Å². The van der Waals surface area contributed by atoms with Crippen molar-refractivity contribution in [2.75, 3.05) is 16.8 Å². The molecule has 0 amide bonds. The largest absolute Gasteiger partial charge is 0.419 e. The van der Waals surface area contributed by atoms with Crippen LogP contribution in [0.15, 0.2) is 23.2 Å². The van der Waals surface area contributed by atoms with Gasteiger partial charge in [-0.05, 0) is 6.07 Å². The second-order valence-corrected chi connectivity index (χ2v) is 5.61. The molecular formula is C16H10F4N8. The van der Waals surface area contributed by atoms with E-state index in [1.165, 1.54) is 0 Å². The number of guanidine groups is 1. The number of anilines is 3. The highest BCUT2D eigenvalue weighted by molar-refractivity contribution is 5.98. The molecule has 0 radical (unpaired) electrons. The Kier molecular flexibility index (Phi) is 4.41. The molecule has 2 aromatic rings. The van der Waals surface area contributed by atoms with E-state index in [4.69, 9.17) is 16.7 Å². The number of rotatable bonds is 1. The molecular weight excluding hydrogens is 380 g/mol. The maximum atomic E-state index is 14.7. The Bertz CT molecular complexity index is 1080. The lowest BCUT2D eigenvalue weighted by Gasteiger charge is -2.26. The van der Waals surface area contributed by atoms with Crippen LogP contribution < -0.4 is 22.1 Å². The zero-order valence-corrected chi connectivity index (χ0v) is 13.8. The van der Waals surface area contributed by atoms with Crippen LogP contribution in [-0.4, -0.2) is 10.9 Å². The fraction of sp³-hybridized carbons (Fsp3) is 0.125. The molecule has 3 rings (SSSR count). The molecule has 0 fully saturated rings. The zero-order valence-electron chi connectivity index (χ0n) is 13.8. The Morgan fingerprint density at radius 1 is 1.21 bits per heavy atom. The summed E-state index contributed by atoms with van der Waals surface area (Å²) < 4.78 is 54.0. The van der Waals surface area contributed by atoms with E-state index in [1.807, 2.05) is 0 Å². The van der Waals surface area contributed by atoms with E-state index in [0.29, 0.717) is 6.07 Å². The van der Waals surface area contributed by atoms with E-state index in [9.17, 15) is 22.8 Å². The number of nitrogens with one attached hydrogen (secondary N) is 2. The Balaban J connectivity index is 2.30. The van der Waals surface area contributed by atoms with Gasteiger partial charge in [0, 0.05) is 11.1 Å². The number of nitriles is 2. The second-order valence-electron chi connectivity index (χ2n) is 5.61. The van der Waals surface area contributed by atoms with Gasteiger partial charge < -0.3 is 16.8 Å². The van der Waals surface area contributed by atoms with Gasteiger partial charge in [-0.25, -0.2) is 14.4 Å².